The molecule has 1 heterocycles. The Hall–Kier alpha value is -2.63. The van der Waals surface area contributed by atoms with Crippen molar-refractivity contribution in [3.8, 4) is 0 Å². The van der Waals surface area contributed by atoms with Crippen LogP contribution in [-0.4, -0.2) is 28.5 Å². The van der Waals surface area contributed by atoms with E-state index in [1.165, 1.54) is 6.07 Å². The summed E-state index contributed by atoms with van der Waals surface area (Å²) in [7, 11) is 0. The Labute approximate surface area is 120 Å². The van der Waals surface area contributed by atoms with Gasteiger partial charge in [-0.05, 0) is 25.0 Å². The topological polar surface area (TPSA) is 99.3 Å². The number of benzene rings is 1. The van der Waals surface area contributed by atoms with Crippen molar-refractivity contribution in [2.24, 2.45) is 0 Å². The largest absolute Gasteiger partial charge is 0.481 e. The zero-order chi connectivity index (χ0) is 15.2. The minimum atomic E-state index is -0.847. The molecule has 0 radical (unpaired) electrons. The summed E-state index contributed by atoms with van der Waals surface area (Å²) >= 11 is 0. The number of rotatable bonds is 6. The van der Waals surface area contributed by atoms with Crippen molar-refractivity contribution in [1.29, 1.82) is 0 Å². The van der Waals surface area contributed by atoms with Crippen molar-refractivity contribution in [1.82, 2.24) is 10.3 Å². The number of fused-ring (bicyclic) bond motifs is 1. The summed E-state index contributed by atoms with van der Waals surface area (Å²) in [5, 5.41) is 11.7. The first-order chi connectivity index (χ1) is 10.1. The van der Waals surface area contributed by atoms with Gasteiger partial charge in [0.25, 0.3) is 5.91 Å². The first-order valence-electron chi connectivity index (χ1n) is 6.70. The predicted molar refractivity (Wildman–Crippen MR) is 78.4 cm³/mol. The molecule has 0 aliphatic heterocycles. The minimum Gasteiger partial charge on any atom is -0.481 e. The van der Waals surface area contributed by atoms with E-state index in [2.05, 4.69) is 10.3 Å². The number of aliphatic carboxylic acids is 1. The number of aromatic nitrogens is 1. The third-order valence-corrected chi connectivity index (χ3v) is 3.08. The number of carboxylic acid groups (broad SMARTS) is 1. The summed E-state index contributed by atoms with van der Waals surface area (Å²) < 4.78 is 0. The Kier molecular flexibility index (Phi) is 4.71. The molecule has 3 N–H and O–H groups in total. The smallest absolute Gasteiger partial charge is 0.303 e. The molecule has 110 valence electrons. The van der Waals surface area contributed by atoms with Gasteiger partial charge in [-0.25, -0.2) is 0 Å². The van der Waals surface area contributed by atoms with Crippen molar-refractivity contribution >= 4 is 22.8 Å². The van der Waals surface area contributed by atoms with Crippen molar-refractivity contribution in [3.05, 3.63) is 46.2 Å². The summed E-state index contributed by atoms with van der Waals surface area (Å²) in [6, 6.07) is 8.25. The van der Waals surface area contributed by atoms with Crippen LogP contribution in [0, 0.1) is 0 Å². The molecule has 2 aromatic rings. The van der Waals surface area contributed by atoms with Crippen LogP contribution in [-0.2, 0) is 4.79 Å². The molecular formula is C15H16N2O4. The molecule has 6 nitrogen and oxygen atoms in total. The van der Waals surface area contributed by atoms with E-state index in [-0.39, 0.29) is 23.5 Å². The molecule has 1 aromatic heterocycles. The highest BCUT2D eigenvalue weighted by Crippen LogP contribution is 2.07. The zero-order valence-electron chi connectivity index (χ0n) is 11.4. The van der Waals surface area contributed by atoms with Crippen molar-refractivity contribution < 1.29 is 14.7 Å². The van der Waals surface area contributed by atoms with E-state index in [4.69, 9.17) is 5.11 Å². The average molecular weight is 288 g/mol. The second-order valence-electron chi connectivity index (χ2n) is 4.70. The van der Waals surface area contributed by atoms with E-state index in [1.807, 2.05) is 0 Å². The maximum absolute atomic E-state index is 11.9. The lowest BCUT2D eigenvalue weighted by molar-refractivity contribution is -0.137. The fraction of sp³-hybridized carbons (Fsp3) is 0.267. The number of carbonyl (C=O) groups excluding carboxylic acids is 1. The molecule has 6 heteroatoms. The normalized spacial score (nSPS) is 10.5. The van der Waals surface area contributed by atoms with Gasteiger partial charge in [-0.2, -0.15) is 0 Å². The van der Waals surface area contributed by atoms with Crippen molar-refractivity contribution in [2.45, 2.75) is 19.3 Å². The van der Waals surface area contributed by atoms with Crippen LogP contribution in [0.3, 0.4) is 0 Å². The molecular weight excluding hydrogens is 272 g/mol. The first kappa shape index (κ1) is 14.8. The molecule has 0 aliphatic carbocycles. The molecule has 0 aliphatic rings. The van der Waals surface area contributed by atoms with Gasteiger partial charge in [-0.1, -0.05) is 12.1 Å². The Balaban J connectivity index is 2.00. The van der Waals surface area contributed by atoms with Gasteiger partial charge in [-0.3, -0.25) is 14.4 Å². The fourth-order valence-corrected chi connectivity index (χ4v) is 2.02. The first-order valence-corrected chi connectivity index (χ1v) is 6.70. The molecule has 0 unspecified atom stereocenters. The zero-order valence-corrected chi connectivity index (χ0v) is 11.4. The summed E-state index contributed by atoms with van der Waals surface area (Å²) in [4.78, 5) is 37.1. The SMILES string of the molecule is O=C(O)CCCCNC(=O)c1cc(=O)c2ccccc2[nH]1. The van der Waals surface area contributed by atoms with Crippen LogP contribution in [0.4, 0.5) is 0 Å². The van der Waals surface area contributed by atoms with Gasteiger partial charge < -0.3 is 15.4 Å². The lowest BCUT2D eigenvalue weighted by Crippen LogP contribution is -2.26. The van der Waals surface area contributed by atoms with Crippen molar-refractivity contribution in [2.75, 3.05) is 6.54 Å². The quantitative estimate of drug-likeness (QED) is 0.701. The molecule has 1 amide bonds. The molecule has 1 aromatic carbocycles. The number of aromatic amines is 1. The van der Waals surface area contributed by atoms with E-state index in [0.717, 1.165) is 0 Å². The number of unbranched alkanes of at least 4 members (excludes halogenated alkanes) is 1. The lowest BCUT2D eigenvalue weighted by atomic mass is 10.2. The van der Waals surface area contributed by atoms with Crippen LogP contribution in [0.25, 0.3) is 10.9 Å². The van der Waals surface area contributed by atoms with Crippen LogP contribution in [0.2, 0.25) is 0 Å². The number of hydrogen-bond acceptors (Lipinski definition) is 3. The molecule has 0 fully saturated rings. The van der Waals surface area contributed by atoms with E-state index in [0.29, 0.717) is 30.3 Å². The van der Waals surface area contributed by atoms with E-state index in [9.17, 15) is 14.4 Å². The predicted octanol–water partition coefficient (Wildman–Crippen LogP) is 1.51. The van der Waals surface area contributed by atoms with E-state index < -0.39 is 5.97 Å². The van der Waals surface area contributed by atoms with Gasteiger partial charge in [-0.15, -0.1) is 0 Å². The van der Waals surface area contributed by atoms with Crippen molar-refractivity contribution in [3.63, 3.8) is 0 Å². The lowest BCUT2D eigenvalue weighted by Gasteiger charge is -2.06. The molecule has 0 saturated heterocycles. The van der Waals surface area contributed by atoms with Gasteiger partial charge in [0.15, 0.2) is 5.43 Å². The maximum Gasteiger partial charge on any atom is 0.303 e. The molecule has 0 atom stereocenters. The molecule has 21 heavy (non-hydrogen) atoms. The third kappa shape index (κ3) is 3.92. The number of carboxylic acids is 1. The Morgan fingerprint density at radius 2 is 1.95 bits per heavy atom. The van der Waals surface area contributed by atoms with Gasteiger partial charge >= 0.3 is 5.97 Å². The molecule has 0 bridgehead atoms. The summed E-state index contributed by atoms with van der Waals surface area (Å²) in [5.41, 5.74) is 0.610. The monoisotopic (exact) mass is 288 g/mol. The number of para-hydroxylation sites is 1. The Morgan fingerprint density at radius 1 is 1.19 bits per heavy atom. The number of hydrogen-bond donors (Lipinski definition) is 3. The number of pyridine rings is 1. The molecule has 2 rings (SSSR count). The van der Waals surface area contributed by atoms with Crippen LogP contribution in [0.15, 0.2) is 35.1 Å². The Morgan fingerprint density at radius 3 is 2.71 bits per heavy atom. The van der Waals surface area contributed by atoms with Gasteiger partial charge in [0, 0.05) is 29.9 Å². The number of H-pyrrole nitrogens is 1. The highest BCUT2D eigenvalue weighted by Gasteiger charge is 2.08. The van der Waals surface area contributed by atoms with Crippen LogP contribution in [0.1, 0.15) is 29.8 Å². The fourth-order valence-electron chi connectivity index (χ4n) is 2.02. The summed E-state index contributed by atoms with van der Waals surface area (Å²) in [5.74, 6) is -1.21. The van der Waals surface area contributed by atoms with Crippen LogP contribution < -0.4 is 10.7 Å². The number of amides is 1. The Bertz CT molecular complexity index is 721. The minimum absolute atomic E-state index is 0.0860. The molecule has 0 saturated carbocycles. The number of nitrogens with one attached hydrogen (secondary N) is 2. The standard InChI is InChI=1S/C15H16N2O4/c18-13-9-12(17-11-6-2-1-5-10(11)13)15(21)16-8-4-3-7-14(19)20/h1-2,5-6,9H,3-4,7-8H2,(H,16,21)(H,17,18)(H,19,20). The van der Waals surface area contributed by atoms with Crippen LogP contribution in [0.5, 0.6) is 0 Å². The van der Waals surface area contributed by atoms with Crippen LogP contribution >= 0.6 is 0 Å². The highest BCUT2D eigenvalue weighted by molar-refractivity contribution is 5.94. The second-order valence-corrected chi connectivity index (χ2v) is 4.70. The summed E-state index contributed by atoms with van der Waals surface area (Å²) in [6.45, 7) is 0.376. The van der Waals surface area contributed by atoms with E-state index >= 15 is 0 Å². The van der Waals surface area contributed by atoms with Gasteiger partial charge in [0.1, 0.15) is 5.69 Å². The second kappa shape index (κ2) is 6.69. The summed E-state index contributed by atoms with van der Waals surface area (Å²) in [6.07, 6.45) is 1.17. The van der Waals surface area contributed by atoms with Gasteiger partial charge in [0.05, 0.1) is 0 Å². The van der Waals surface area contributed by atoms with E-state index in [1.54, 1.807) is 24.3 Å². The van der Waals surface area contributed by atoms with Gasteiger partial charge in [0.2, 0.25) is 0 Å². The molecule has 0 spiro atoms. The highest BCUT2D eigenvalue weighted by atomic mass is 16.4. The number of carbonyl (C=O) groups is 2. The maximum atomic E-state index is 11.9. The third-order valence-electron chi connectivity index (χ3n) is 3.08. The average Bonchev–Trinajstić information content (AvgIpc) is 2.46.